The van der Waals surface area contributed by atoms with Crippen LogP contribution < -0.4 is 4.74 Å². The predicted octanol–water partition coefficient (Wildman–Crippen LogP) is 2.75. The van der Waals surface area contributed by atoms with Gasteiger partial charge in [-0.3, -0.25) is 14.9 Å². The highest BCUT2D eigenvalue weighted by atomic mass is 79.9. The van der Waals surface area contributed by atoms with E-state index in [2.05, 4.69) is 15.9 Å². The van der Waals surface area contributed by atoms with Crippen molar-refractivity contribution in [2.24, 2.45) is 5.41 Å². The van der Waals surface area contributed by atoms with Crippen LogP contribution in [0.15, 0.2) is 22.7 Å². The van der Waals surface area contributed by atoms with Gasteiger partial charge < -0.3 is 4.74 Å². The Labute approximate surface area is 112 Å². The van der Waals surface area contributed by atoms with E-state index in [9.17, 15) is 14.9 Å². The SMILES string of the molecule is CC1(C)C(=O)Oc2ccc(Br)cc2[C@H]1C[N+](=O)[O-]. The van der Waals surface area contributed by atoms with Crippen molar-refractivity contribution < 1.29 is 14.5 Å². The summed E-state index contributed by atoms with van der Waals surface area (Å²) < 4.78 is 6.04. The molecule has 0 bridgehead atoms. The largest absolute Gasteiger partial charge is 0.426 e. The molecule has 0 amide bonds. The van der Waals surface area contributed by atoms with Gasteiger partial charge in [0.1, 0.15) is 5.75 Å². The van der Waals surface area contributed by atoms with Crippen molar-refractivity contribution in [1.29, 1.82) is 0 Å². The fraction of sp³-hybridized carbons (Fsp3) is 0.417. The molecule has 1 atom stereocenters. The number of halogens is 1. The van der Waals surface area contributed by atoms with Gasteiger partial charge in [0.25, 0.3) is 0 Å². The highest BCUT2D eigenvalue weighted by molar-refractivity contribution is 9.10. The summed E-state index contributed by atoms with van der Waals surface area (Å²) >= 11 is 3.33. The first-order valence-corrected chi connectivity index (χ1v) is 6.25. The van der Waals surface area contributed by atoms with Crippen molar-refractivity contribution in [3.05, 3.63) is 38.3 Å². The van der Waals surface area contributed by atoms with Crippen LogP contribution in [0.2, 0.25) is 0 Å². The lowest BCUT2D eigenvalue weighted by Crippen LogP contribution is -2.41. The molecule has 1 aliphatic rings. The molecule has 18 heavy (non-hydrogen) atoms. The molecule has 1 aromatic rings. The number of nitrogens with zero attached hydrogens (tertiary/aromatic N) is 1. The zero-order chi connectivity index (χ0) is 13.5. The van der Waals surface area contributed by atoms with Gasteiger partial charge in [-0.15, -0.1) is 0 Å². The first-order valence-electron chi connectivity index (χ1n) is 5.46. The number of esters is 1. The number of carbonyl (C=O) groups is 1. The molecule has 0 spiro atoms. The maximum Gasteiger partial charge on any atom is 0.317 e. The molecule has 0 saturated carbocycles. The minimum Gasteiger partial charge on any atom is -0.426 e. The van der Waals surface area contributed by atoms with Crippen LogP contribution in [0.3, 0.4) is 0 Å². The van der Waals surface area contributed by atoms with Crippen molar-refractivity contribution in [1.82, 2.24) is 0 Å². The van der Waals surface area contributed by atoms with Crippen molar-refractivity contribution in [2.45, 2.75) is 19.8 Å². The van der Waals surface area contributed by atoms with E-state index < -0.39 is 22.2 Å². The van der Waals surface area contributed by atoms with E-state index in [1.165, 1.54) is 0 Å². The van der Waals surface area contributed by atoms with Gasteiger partial charge in [0, 0.05) is 15.0 Å². The molecule has 1 aromatic carbocycles. The summed E-state index contributed by atoms with van der Waals surface area (Å²) in [5.74, 6) is -0.500. The Kier molecular flexibility index (Phi) is 3.14. The summed E-state index contributed by atoms with van der Waals surface area (Å²) in [7, 11) is 0. The molecule has 0 unspecified atom stereocenters. The molecule has 0 saturated heterocycles. The van der Waals surface area contributed by atoms with Crippen molar-refractivity contribution in [3.63, 3.8) is 0 Å². The van der Waals surface area contributed by atoms with E-state index in [4.69, 9.17) is 4.74 Å². The number of nitro groups is 1. The lowest BCUT2D eigenvalue weighted by molar-refractivity contribution is -0.486. The third-order valence-electron chi connectivity index (χ3n) is 3.28. The summed E-state index contributed by atoms with van der Waals surface area (Å²) in [6, 6.07) is 5.17. The van der Waals surface area contributed by atoms with E-state index in [0.29, 0.717) is 11.3 Å². The van der Waals surface area contributed by atoms with Crippen LogP contribution in [-0.2, 0) is 4.79 Å². The van der Waals surface area contributed by atoms with Crippen LogP contribution >= 0.6 is 15.9 Å². The van der Waals surface area contributed by atoms with Gasteiger partial charge in [-0.25, -0.2) is 0 Å². The number of benzene rings is 1. The van der Waals surface area contributed by atoms with Crippen molar-refractivity contribution in [2.75, 3.05) is 6.54 Å². The maximum absolute atomic E-state index is 11.9. The molecule has 6 heteroatoms. The third kappa shape index (κ3) is 2.12. The maximum atomic E-state index is 11.9. The summed E-state index contributed by atoms with van der Waals surface area (Å²) in [6.45, 7) is 3.06. The van der Waals surface area contributed by atoms with Crippen molar-refractivity contribution >= 4 is 21.9 Å². The minimum atomic E-state index is -0.902. The van der Waals surface area contributed by atoms with Gasteiger partial charge >= 0.3 is 5.97 Å². The summed E-state index contributed by atoms with van der Waals surface area (Å²) in [4.78, 5) is 22.3. The van der Waals surface area contributed by atoms with Crippen molar-refractivity contribution in [3.8, 4) is 5.75 Å². The summed E-state index contributed by atoms with van der Waals surface area (Å²) in [6.07, 6.45) is 0. The fourth-order valence-electron chi connectivity index (χ4n) is 2.12. The molecule has 96 valence electrons. The van der Waals surface area contributed by atoms with E-state index in [0.717, 1.165) is 4.47 Å². The van der Waals surface area contributed by atoms with E-state index in [1.54, 1.807) is 32.0 Å². The topological polar surface area (TPSA) is 69.4 Å². The molecule has 0 aromatic heterocycles. The molecule has 0 N–H and O–H groups in total. The zero-order valence-electron chi connectivity index (χ0n) is 9.97. The lowest BCUT2D eigenvalue weighted by Gasteiger charge is -2.35. The molecule has 0 aliphatic carbocycles. The van der Waals surface area contributed by atoms with Gasteiger partial charge in [-0.05, 0) is 32.0 Å². The Hall–Kier alpha value is -1.43. The van der Waals surface area contributed by atoms with Gasteiger partial charge in [-0.1, -0.05) is 15.9 Å². The Morgan fingerprint density at radius 1 is 1.50 bits per heavy atom. The predicted molar refractivity (Wildman–Crippen MR) is 68.2 cm³/mol. The quantitative estimate of drug-likeness (QED) is 0.364. The number of carbonyl (C=O) groups excluding carboxylic acids is 1. The second kappa shape index (κ2) is 4.35. The number of hydrogen-bond acceptors (Lipinski definition) is 4. The van der Waals surface area contributed by atoms with Crippen LogP contribution in [-0.4, -0.2) is 17.4 Å². The number of hydrogen-bond donors (Lipinski definition) is 0. The van der Waals surface area contributed by atoms with E-state index in [1.807, 2.05) is 0 Å². The molecule has 1 heterocycles. The number of fused-ring (bicyclic) bond motifs is 1. The number of rotatable bonds is 2. The second-order valence-corrected chi connectivity index (χ2v) is 5.78. The average molecular weight is 314 g/mol. The molecule has 0 fully saturated rings. The van der Waals surface area contributed by atoms with Gasteiger partial charge in [0.05, 0.1) is 11.3 Å². The number of ether oxygens (including phenoxy) is 1. The smallest absolute Gasteiger partial charge is 0.317 e. The van der Waals surface area contributed by atoms with Crippen LogP contribution in [0.1, 0.15) is 25.3 Å². The standard InChI is InChI=1S/C12H12BrNO4/c1-12(2)9(6-14(16)17)8-5-7(13)3-4-10(8)18-11(12)15/h3-5,9H,6H2,1-2H3/t9-/m1/s1. The normalized spacial score (nSPS) is 21.1. The summed E-state index contributed by atoms with van der Waals surface area (Å²) in [5, 5.41) is 10.8. The highest BCUT2D eigenvalue weighted by Crippen LogP contribution is 2.45. The molecule has 5 nitrogen and oxygen atoms in total. The Bertz CT molecular complexity index is 527. The molecule has 0 radical (unpaired) electrons. The second-order valence-electron chi connectivity index (χ2n) is 4.86. The fourth-order valence-corrected chi connectivity index (χ4v) is 2.50. The van der Waals surface area contributed by atoms with Gasteiger partial charge in [0.2, 0.25) is 6.54 Å². The van der Waals surface area contributed by atoms with Crippen LogP contribution in [0.5, 0.6) is 5.75 Å². The third-order valence-corrected chi connectivity index (χ3v) is 3.77. The van der Waals surface area contributed by atoms with Crippen LogP contribution in [0, 0.1) is 15.5 Å². The van der Waals surface area contributed by atoms with Crippen LogP contribution in [0.25, 0.3) is 0 Å². The Morgan fingerprint density at radius 2 is 2.17 bits per heavy atom. The Morgan fingerprint density at radius 3 is 2.78 bits per heavy atom. The first-order chi connectivity index (χ1) is 8.32. The monoisotopic (exact) mass is 313 g/mol. The first kappa shape index (κ1) is 13.0. The molecule has 1 aliphatic heterocycles. The van der Waals surface area contributed by atoms with E-state index in [-0.39, 0.29) is 6.54 Å². The zero-order valence-corrected chi connectivity index (χ0v) is 11.6. The Balaban J connectivity index is 2.55. The van der Waals surface area contributed by atoms with Gasteiger partial charge in [-0.2, -0.15) is 0 Å². The van der Waals surface area contributed by atoms with E-state index >= 15 is 0 Å². The molecular formula is C12H12BrNO4. The highest BCUT2D eigenvalue weighted by Gasteiger charge is 2.47. The lowest BCUT2D eigenvalue weighted by atomic mass is 9.73. The minimum absolute atomic E-state index is 0.286. The molecule has 2 rings (SSSR count). The summed E-state index contributed by atoms with van der Waals surface area (Å²) in [5.41, 5.74) is -0.202. The molecular weight excluding hydrogens is 302 g/mol. The van der Waals surface area contributed by atoms with Gasteiger partial charge in [0.15, 0.2) is 0 Å². The average Bonchev–Trinajstić information content (AvgIpc) is 2.26. The van der Waals surface area contributed by atoms with Crippen LogP contribution in [0.4, 0.5) is 0 Å².